The van der Waals surface area contributed by atoms with Crippen LogP contribution in [0, 0.1) is 5.92 Å². The van der Waals surface area contributed by atoms with Gasteiger partial charge in [0, 0.05) is 0 Å². The largest absolute Gasteiger partial charge is 0.100 e. The molecule has 0 heteroatoms. The van der Waals surface area contributed by atoms with E-state index in [4.69, 9.17) is 0 Å². The van der Waals surface area contributed by atoms with Gasteiger partial charge < -0.3 is 0 Å². The fourth-order valence-electron chi connectivity index (χ4n) is 5.61. The lowest BCUT2D eigenvalue weighted by molar-refractivity contribution is 0.731. The van der Waals surface area contributed by atoms with Crippen molar-refractivity contribution in [3.05, 3.63) is 125 Å². The molecule has 0 saturated heterocycles. The number of fused-ring (bicyclic) bond motifs is 9. The topological polar surface area (TPSA) is 0 Å². The highest BCUT2D eigenvalue weighted by Crippen LogP contribution is 2.63. The van der Waals surface area contributed by atoms with Crippen LogP contribution in [0.2, 0.25) is 0 Å². The fraction of sp³-hybridized carbons (Fsp3) is 0.200. The lowest BCUT2D eigenvalue weighted by Gasteiger charge is -2.32. The molecule has 0 amide bonds. The smallest absolute Gasteiger partial charge is 0.0722 e. The Kier molecular flexibility index (Phi) is 4.40. The van der Waals surface area contributed by atoms with Crippen molar-refractivity contribution in [2.45, 2.75) is 32.6 Å². The Hall–Kier alpha value is -3.12. The molecular formula is C30H28. The van der Waals surface area contributed by atoms with Gasteiger partial charge >= 0.3 is 0 Å². The van der Waals surface area contributed by atoms with E-state index in [2.05, 4.69) is 98.5 Å². The lowest BCUT2D eigenvalue weighted by Crippen LogP contribution is -2.27. The predicted molar refractivity (Wildman–Crippen MR) is 129 cm³/mol. The molecule has 0 heterocycles. The van der Waals surface area contributed by atoms with Gasteiger partial charge in [0.25, 0.3) is 0 Å². The van der Waals surface area contributed by atoms with Crippen LogP contribution in [0.25, 0.3) is 16.7 Å². The van der Waals surface area contributed by atoms with Gasteiger partial charge in [0.15, 0.2) is 0 Å². The first-order valence-corrected chi connectivity index (χ1v) is 10.9. The van der Waals surface area contributed by atoms with Crippen LogP contribution >= 0.6 is 0 Å². The summed E-state index contributed by atoms with van der Waals surface area (Å²) in [4.78, 5) is 0. The summed E-state index contributed by atoms with van der Waals surface area (Å²) in [5, 5.41) is 0. The Morgan fingerprint density at radius 2 is 1.20 bits per heavy atom. The highest BCUT2D eigenvalue weighted by molar-refractivity contribution is 5.96. The van der Waals surface area contributed by atoms with Crippen LogP contribution in [0.5, 0.6) is 0 Å². The van der Waals surface area contributed by atoms with Gasteiger partial charge in [0.2, 0.25) is 0 Å². The first kappa shape index (κ1) is 18.9. The van der Waals surface area contributed by atoms with Crippen LogP contribution in [-0.2, 0) is 5.41 Å². The Morgan fingerprint density at radius 3 is 1.73 bits per heavy atom. The summed E-state index contributed by atoms with van der Waals surface area (Å²) in [6.07, 6.45) is 5.92. The third-order valence-corrected chi connectivity index (χ3v) is 6.53. The second-order valence-corrected chi connectivity index (χ2v) is 8.96. The molecule has 1 spiro atoms. The molecule has 1 atom stereocenters. The second-order valence-electron chi connectivity index (χ2n) is 8.96. The normalized spacial score (nSPS) is 18.8. The Bertz CT molecular complexity index is 1170. The first-order chi connectivity index (χ1) is 14.6. The van der Waals surface area contributed by atoms with Gasteiger partial charge in [0.1, 0.15) is 0 Å². The van der Waals surface area contributed by atoms with E-state index < -0.39 is 0 Å². The van der Waals surface area contributed by atoms with Crippen molar-refractivity contribution in [1.29, 1.82) is 0 Å². The number of hydrogen-bond donors (Lipinski definition) is 0. The summed E-state index contributed by atoms with van der Waals surface area (Å²) in [7, 11) is 0. The van der Waals surface area contributed by atoms with Crippen molar-refractivity contribution in [2.75, 3.05) is 0 Å². The van der Waals surface area contributed by atoms with E-state index in [0.717, 1.165) is 6.42 Å². The van der Waals surface area contributed by atoms with Crippen molar-refractivity contribution >= 4 is 5.57 Å². The van der Waals surface area contributed by atoms with E-state index in [1.807, 2.05) is 13.8 Å². The second kappa shape index (κ2) is 6.99. The van der Waals surface area contributed by atoms with Gasteiger partial charge in [0.05, 0.1) is 5.41 Å². The Morgan fingerprint density at radius 1 is 0.767 bits per heavy atom. The van der Waals surface area contributed by atoms with Gasteiger partial charge in [-0.3, -0.25) is 0 Å². The molecule has 0 aliphatic heterocycles. The van der Waals surface area contributed by atoms with E-state index in [0.29, 0.717) is 5.92 Å². The van der Waals surface area contributed by atoms with Crippen molar-refractivity contribution in [3.63, 3.8) is 0 Å². The molecule has 3 aromatic rings. The minimum absolute atomic E-state index is 0.149. The maximum Gasteiger partial charge on any atom is 0.0722 e. The molecule has 0 aromatic heterocycles. The quantitative estimate of drug-likeness (QED) is 0.343. The summed E-state index contributed by atoms with van der Waals surface area (Å²) in [6.45, 7) is 9.88. The molecule has 0 saturated carbocycles. The number of allylic oxidation sites excluding steroid dienone is 5. The van der Waals surface area contributed by atoms with E-state index in [9.17, 15) is 0 Å². The number of hydrogen-bond acceptors (Lipinski definition) is 0. The highest BCUT2D eigenvalue weighted by Gasteiger charge is 2.52. The summed E-state index contributed by atoms with van der Waals surface area (Å²) in [6, 6.07) is 27.1. The fourth-order valence-corrected chi connectivity index (χ4v) is 5.61. The molecule has 1 unspecified atom stereocenters. The molecule has 0 nitrogen and oxygen atoms in total. The third-order valence-electron chi connectivity index (χ3n) is 6.53. The van der Waals surface area contributed by atoms with Crippen LogP contribution in [-0.4, -0.2) is 0 Å². The van der Waals surface area contributed by atoms with Gasteiger partial charge in [-0.25, -0.2) is 0 Å². The molecule has 3 aliphatic carbocycles. The zero-order valence-electron chi connectivity index (χ0n) is 18.1. The molecular weight excluding hydrogens is 360 g/mol. The average Bonchev–Trinajstić information content (AvgIpc) is 3.22. The molecule has 3 aliphatic rings. The van der Waals surface area contributed by atoms with Gasteiger partial charge in [-0.1, -0.05) is 97.4 Å². The van der Waals surface area contributed by atoms with Crippen LogP contribution in [0.3, 0.4) is 0 Å². The van der Waals surface area contributed by atoms with E-state index in [1.165, 1.54) is 44.5 Å². The zero-order chi connectivity index (χ0) is 20.9. The van der Waals surface area contributed by atoms with E-state index in [1.54, 1.807) is 5.57 Å². The number of rotatable bonds is 0. The number of benzene rings is 3. The molecule has 0 fully saturated rings. The van der Waals surface area contributed by atoms with Gasteiger partial charge in [-0.15, -0.1) is 6.58 Å². The van der Waals surface area contributed by atoms with Crippen LogP contribution in [0.4, 0.5) is 0 Å². The molecule has 0 bridgehead atoms. The van der Waals surface area contributed by atoms with Crippen molar-refractivity contribution in [2.24, 2.45) is 5.92 Å². The zero-order valence-corrected chi connectivity index (χ0v) is 18.1. The third kappa shape index (κ3) is 2.46. The SMILES string of the molecule is C=C(C)C.CC1CC=CC2=C1c1ccccc1C21c2ccccc2-c2ccccc21. The van der Waals surface area contributed by atoms with Gasteiger partial charge in [-0.05, 0) is 70.7 Å². The average molecular weight is 389 g/mol. The van der Waals surface area contributed by atoms with Crippen molar-refractivity contribution in [1.82, 2.24) is 0 Å². The molecule has 0 N–H and O–H groups in total. The molecule has 148 valence electrons. The lowest BCUT2D eigenvalue weighted by atomic mass is 9.68. The molecule has 0 radical (unpaired) electrons. The Balaban J connectivity index is 0.000000446. The van der Waals surface area contributed by atoms with Gasteiger partial charge in [-0.2, -0.15) is 0 Å². The summed E-state index contributed by atoms with van der Waals surface area (Å²) in [5.41, 5.74) is 12.6. The monoisotopic (exact) mass is 388 g/mol. The molecule has 6 rings (SSSR count). The minimum atomic E-state index is -0.149. The van der Waals surface area contributed by atoms with E-state index in [-0.39, 0.29) is 5.41 Å². The Labute approximate surface area is 180 Å². The summed E-state index contributed by atoms with van der Waals surface area (Å²) >= 11 is 0. The first-order valence-electron chi connectivity index (χ1n) is 10.9. The van der Waals surface area contributed by atoms with Crippen molar-refractivity contribution < 1.29 is 0 Å². The molecule has 30 heavy (non-hydrogen) atoms. The summed E-state index contributed by atoms with van der Waals surface area (Å²) < 4.78 is 0. The van der Waals surface area contributed by atoms with Crippen LogP contribution in [0.15, 0.2) is 103 Å². The van der Waals surface area contributed by atoms with Crippen LogP contribution in [0.1, 0.15) is 49.4 Å². The standard InChI is InChI=1S/C26H20.C4H8/c1-17-9-8-16-24-25(17)20-12-4-7-15-23(20)26(24)21-13-5-2-10-18(21)19-11-3-6-14-22(19)26;1-4(2)3/h2-8,10-17H,9H2,1H3;1H2,2-3H3. The maximum absolute atomic E-state index is 3.56. The minimum Gasteiger partial charge on any atom is -0.100 e. The highest BCUT2D eigenvalue weighted by atomic mass is 14.5. The molecule has 3 aromatic carbocycles. The van der Waals surface area contributed by atoms with Crippen molar-refractivity contribution in [3.8, 4) is 11.1 Å². The van der Waals surface area contributed by atoms with Crippen LogP contribution < -0.4 is 0 Å². The summed E-state index contributed by atoms with van der Waals surface area (Å²) in [5.74, 6) is 0.565. The van der Waals surface area contributed by atoms with E-state index >= 15 is 0 Å². The maximum atomic E-state index is 3.56. The predicted octanol–water partition coefficient (Wildman–Crippen LogP) is 7.95.